The van der Waals surface area contributed by atoms with Crippen molar-refractivity contribution < 1.29 is 23.2 Å². The molecule has 0 aromatic heterocycles. The molecule has 136 valence electrons. The third-order valence-corrected chi connectivity index (χ3v) is 4.01. The molecule has 0 saturated carbocycles. The number of hydrogen-bond acceptors (Lipinski definition) is 7. The highest BCUT2D eigenvalue weighted by atomic mass is 32.1. The van der Waals surface area contributed by atoms with Gasteiger partial charge in [-0.15, -0.1) is 0 Å². The SMILES string of the molecule is CCOC(=O)CC(CC#N)[C@@H]1C[C@@H](OS)CN1C(=O)OC(C)(C)C. The van der Waals surface area contributed by atoms with Crippen molar-refractivity contribution in [1.29, 1.82) is 5.26 Å². The Morgan fingerprint density at radius 3 is 2.58 bits per heavy atom. The normalized spacial score (nSPS) is 21.9. The molecule has 0 radical (unpaired) electrons. The van der Waals surface area contributed by atoms with Crippen molar-refractivity contribution in [3.8, 4) is 6.07 Å². The molecule has 1 unspecified atom stereocenters. The Kier molecular flexibility index (Phi) is 7.84. The maximum Gasteiger partial charge on any atom is 0.410 e. The zero-order chi connectivity index (χ0) is 18.3. The van der Waals surface area contributed by atoms with Gasteiger partial charge in [-0.3, -0.25) is 4.79 Å². The second-order valence-electron chi connectivity index (χ2n) is 6.79. The van der Waals surface area contributed by atoms with Crippen LogP contribution in [0.2, 0.25) is 0 Å². The van der Waals surface area contributed by atoms with Crippen molar-refractivity contribution in [2.24, 2.45) is 5.92 Å². The van der Waals surface area contributed by atoms with Crippen LogP contribution >= 0.6 is 12.9 Å². The fourth-order valence-corrected chi connectivity index (χ4v) is 2.93. The van der Waals surface area contributed by atoms with Crippen LogP contribution in [0.3, 0.4) is 0 Å². The molecule has 0 bridgehead atoms. The molecule has 24 heavy (non-hydrogen) atoms. The first kappa shape index (κ1) is 20.6. The Balaban J connectivity index is 2.92. The number of thiol groups is 1. The molecule has 1 aliphatic heterocycles. The summed E-state index contributed by atoms with van der Waals surface area (Å²) < 4.78 is 15.5. The van der Waals surface area contributed by atoms with E-state index >= 15 is 0 Å². The fraction of sp³-hybridized carbons (Fsp3) is 0.812. The largest absolute Gasteiger partial charge is 0.466 e. The van der Waals surface area contributed by atoms with Crippen LogP contribution in [-0.2, 0) is 18.5 Å². The van der Waals surface area contributed by atoms with Crippen LogP contribution in [0.5, 0.6) is 0 Å². The maximum absolute atomic E-state index is 12.5. The molecular weight excluding hydrogens is 332 g/mol. The monoisotopic (exact) mass is 358 g/mol. The minimum atomic E-state index is -0.632. The number of nitrogens with zero attached hydrogens (tertiary/aromatic N) is 2. The van der Waals surface area contributed by atoms with Crippen LogP contribution in [-0.4, -0.2) is 47.9 Å². The summed E-state index contributed by atoms with van der Waals surface area (Å²) in [5.74, 6) is -0.716. The highest BCUT2D eigenvalue weighted by Gasteiger charge is 2.42. The molecule has 1 heterocycles. The summed E-state index contributed by atoms with van der Waals surface area (Å²) in [6.07, 6.45) is -0.0391. The van der Waals surface area contributed by atoms with E-state index in [1.54, 1.807) is 27.7 Å². The summed E-state index contributed by atoms with van der Waals surface area (Å²) >= 11 is 3.84. The van der Waals surface area contributed by atoms with Crippen molar-refractivity contribution in [3.05, 3.63) is 0 Å². The predicted octanol–water partition coefficient (Wildman–Crippen LogP) is 2.71. The molecule has 1 saturated heterocycles. The average Bonchev–Trinajstić information content (AvgIpc) is 2.89. The number of rotatable bonds is 6. The minimum absolute atomic E-state index is 0.0741. The topological polar surface area (TPSA) is 88.9 Å². The van der Waals surface area contributed by atoms with Gasteiger partial charge in [0.05, 0.1) is 31.7 Å². The van der Waals surface area contributed by atoms with Gasteiger partial charge in [0, 0.05) is 18.4 Å². The van der Waals surface area contributed by atoms with E-state index in [0.717, 1.165) is 0 Å². The number of esters is 1. The van der Waals surface area contributed by atoms with Gasteiger partial charge in [-0.1, -0.05) is 0 Å². The summed E-state index contributed by atoms with van der Waals surface area (Å²) in [6, 6.07) is 1.75. The van der Waals surface area contributed by atoms with Gasteiger partial charge in [0.2, 0.25) is 0 Å². The maximum atomic E-state index is 12.5. The van der Waals surface area contributed by atoms with Gasteiger partial charge in [-0.25, -0.2) is 4.79 Å². The Morgan fingerprint density at radius 2 is 2.08 bits per heavy atom. The van der Waals surface area contributed by atoms with Crippen LogP contribution in [0.15, 0.2) is 0 Å². The lowest BCUT2D eigenvalue weighted by Gasteiger charge is -2.31. The molecular formula is C16H26N2O5S. The van der Waals surface area contributed by atoms with E-state index < -0.39 is 11.7 Å². The lowest BCUT2D eigenvalue weighted by atomic mass is 9.91. The van der Waals surface area contributed by atoms with Crippen LogP contribution in [0, 0.1) is 17.2 Å². The van der Waals surface area contributed by atoms with Gasteiger partial charge < -0.3 is 18.6 Å². The molecule has 1 fully saturated rings. The van der Waals surface area contributed by atoms with Gasteiger partial charge in [-0.05, 0) is 47.0 Å². The Morgan fingerprint density at radius 1 is 1.42 bits per heavy atom. The van der Waals surface area contributed by atoms with E-state index in [9.17, 15) is 9.59 Å². The van der Waals surface area contributed by atoms with Gasteiger partial charge in [0.1, 0.15) is 5.60 Å². The molecule has 1 aliphatic rings. The predicted molar refractivity (Wildman–Crippen MR) is 90.2 cm³/mol. The second-order valence-corrected chi connectivity index (χ2v) is 7.01. The highest BCUT2D eigenvalue weighted by molar-refractivity contribution is 7.75. The van der Waals surface area contributed by atoms with E-state index in [1.807, 2.05) is 0 Å². The van der Waals surface area contributed by atoms with Gasteiger partial charge >= 0.3 is 12.1 Å². The highest BCUT2D eigenvalue weighted by Crippen LogP contribution is 2.32. The summed E-state index contributed by atoms with van der Waals surface area (Å²) in [7, 11) is 0. The molecule has 0 N–H and O–H groups in total. The third kappa shape index (κ3) is 6.21. The quantitative estimate of drug-likeness (QED) is 0.446. The van der Waals surface area contributed by atoms with Crippen molar-refractivity contribution in [1.82, 2.24) is 4.90 Å². The number of nitriles is 1. The summed E-state index contributed by atoms with van der Waals surface area (Å²) in [5, 5.41) is 9.09. The molecule has 3 atom stereocenters. The summed E-state index contributed by atoms with van der Waals surface area (Å²) in [4.78, 5) is 25.8. The van der Waals surface area contributed by atoms with Gasteiger partial charge in [0.15, 0.2) is 0 Å². The van der Waals surface area contributed by atoms with E-state index in [-0.39, 0.29) is 43.5 Å². The first-order valence-electron chi connectivity index (χ1n) is 8.04. The molecule has 8 heteroatoms. The molecule has 1 rings (SSSR count). The van der Waals surface area contributed by atoms with Crippen LogP contribution in [0.1, 0.15) is 47.0 Å². The number of amides is 1. The first-order valence-corrected chi connectivity index (χ1v) is 8.40. The van der Waals surface area contributed by atoms with Crippen molar-refractivity contribution in [2.45, 2.75) is 64.7 Å². The van der Waals surface area contributed by atoms with Crippen molar-refractivity contribution in [3.63, 3.8) is 0 Å². The lowest BCUT2D eigenvalue weighted by Crippen LogP contribution is -2.43. The average molecular weight is 358 g/mol. The first-order chi connectivity index (χ1) is 11.2. The minimum Gasteiger partial charge on any atom is -0.466 e. The molecule has 0 aromatic rings. The molecule has 0 aromatic carbocycles. The molecule has 1 amide bonds. The van der Waals surface area contributed by atoms with Crippen molar-refractivity contribution >= 4 is 25.0 Å². The zero-order valence-corrected chi connectivity index (χ0v) is 15.5. The van der Waals surface area contributed by atoms with E-state index in [2.05, 4.69) is 19.0 Å². The third-order valence-electron chi connectivity index (χ3n) is 3.71. The smallest absolute Gasteiger partial charge is 0.410 e. The Hall–Kier alpha value is -1.46. The van der Waals surface area contributed by atoms with E-state index in [1.165, 1.54) is 4.90 Å². The van der Waals surface area contributed by atoms with E-state index in [4.69, 9.17) is 18.9 Å². The standard InChI is InChI=1S/C16H26N2O5S/c1-5-21-14(19)8-11(6-7-17)13-9-12(23-24)10-18(13)15(20)22-16(2,3)4/h11-13,24H,5-6,8-10H2,1-4H3/t11?,12-,13+/m1/s1. The summed E-state index contributed by atoms with van der Waals surface area (Å²) in [5.41, 5.74) is -0.632. The fourth-order valence-electron chi connectivity index (χ4n) is 2.78. The molecule has 0 aliphatic carbocycles. The second kappa shape index (κ2) is 9.14. The van der Waals surface area contributed by atoms with Crippen LogP contribution in [0.4, 0.5) is 4.79 Å². The molecule has 7 nitrogen and oxygen atoms in total. The number of hydrogen-bond donors (Lipinski definition) is 1. The lowest BCUT2D eigenvalue weighted by molar-refractivity contribution is -0.144. The van der Waals surface area contributed by atoms with E-state index in [0.29, 0.717) is 13.0 Å². The summed E-state index contributed by atoms with van der Waals surface area (Å²) in [6.45, 7) is 7.68. The molecule has 0 spiro atoms. The number of ether oxygens (including phenoxy) is 2. The van der Waals surface area contributed by atoms with Crippen LogP contribution < -0.4 is 0 Å². The van der Waals surface area contributed by atoms with Gasteiger partial charge in [0.25, 0.3) is 0 Å². The Bertz CT molecular complexity index is 486. The van der Waals surface area contributed by atoms with Gasteiger partial charge in [-0.2, -0.15) is 5.26 Å². The number of likely N-dealkylation sites (tertiary alicyclic amines) is 1. The Labute approximate surface area is 148 Å². The number of carbonyl (C=O) groups excluding carboxylic acids is 2. The zero-order valence-electron chi connectivity index (χ0n) is 14.7. The van der Waals surface area contributed by atoms with Crippen molar-refractivity contribution in [2.75, 3.05) is 13.2 Å². The number of carbonyl (C=O) groups is 2. The van der Waals surface area contributed by atoms with Crippen LogP contribution in [0.25, 0.3) is 0 Å².